The molecular weight excluding hydrogens is 236 g/mol. The van der Waals surface area contributed by atoms with Gasteiger partial charge in [-0.15, -0.1) is 0 Å². The number of benzene rings is 1. The van der Waals surface area contributed by atoms with Crippen molar-refractivity contribution in [2.75, 3.05) is 19.6 Å². The lowest BCUT2D eigenvalue weighted by molar-refractivity contribution is -0.129. The quantitative estimate of drug-likeness (QED) is 0.819. The molecule has 1 N–H and O–H groups in total. The summed E-state index contributed by atoms with van der Waals surface area (Å²) in [6, 6.07) is 8.58. The van der Waals surface area contributed by atoms with Gasteiger partial charge in [-0.1, -0.05) is 38.1 Å². The minimum atomic E-state index is 0.170. The number of carbonyl (C=O) groups is 1. The van der Waals surface area contributed by atoms with E-state index in [2.05, 4.69) is 43.4 Å². The Balaban J connectivity index is 2.39. The molecule has 0 bridgehead atoms. The van der Waals surface area contributed by atoms with E-state index in [0.717, 1.165) is 19.6 Å². The second kappa shape index (κ2) is 7.95. The van der Waals surface area contributed by atoms with Gasteiger partial charge >= 0.3 is 0 Å². The molecule has 0 aliphatic heterocycles. The molecule has 1 rings (SSSR count). The summed E-state index contributed by atoms with van der Waals surface area (Å²) in [4.78, 5) is 13.6. The normalized spacial score (nSPS) is 10.8. The number of carbonyl (C=O) groups excluding carboxylic acids is 1. The van der Waals surface area contributed by atoms with Gasteiger partial charge < -0.3 is 10.2 Å². The van der Waals surface area contributed by atoms with Crippen LogP contribution < -0.4 is 5.32 Å². The molecule has 0 atom stereocenters. The van der Waals surface area contributed by atoms with Crippen molar-refractivity contribution in [3.63, 3.8) is 0 Å². The Kier molecular flexibility index (Phi) is 6.57. The standard InChI is InChI=1S/C16H26N2O/c1-5-18(6-2)16(19)12-17-11-14-7-9-15(10-8-14)13(3)4/h7-10,13,17H,5-6,11-12H2,1-4H3. The first kappa shape index (κ1) is 15.7. The highest BCUT2D eigenvalue weighted by atomic mass is 16.2. The van der Waals surface area contributed by atoms with Crippen molar-refractivity contribution in [2.45, 2.75) is 40.2 Å². The van der Waals surface area contributed by atoms with Crippen LogP contribution in [0.25, 0.3) is 0 Å². The molecule has 0 aliphatic carbocycles. The Morgan fingerprint density at radius 1 is 1.16 bits per heavy atom. The highest BCUT2D eigenvalue weighted by molar-refractivity contribution is 5.78. The summed E-state index contributed by atoms with van der Waals surface area (Å²) >= 11 is 0. The molecule has 1 aromatic carbocycles. The van der Waals surface area contributed by atoms with Crippen molar-refractivity contribution in [3.8, 4) is 0 Å². The van der Waals surface area contributed by atoms with Gasteiger partial charge in [-0.2, -0.15) is 0 Å². The molecule has 3 heteroatoms. The molecule has 3 nitrogen and oxygen atoms in total. The first-order valence-electron chi connectivity index (χ1n) is 7.15. The van der Waals surface area contributed by atoms with E-state index >= 15 is 0 Å². The van der Waals surface area contributed by atoms with E-state index in [0.29, 0.717) is 12.5 Å². The van der Waals surface area contributed by atoms with Crippen molar-refractivity contribution in [3.05, 3.63) is 35.4 Å². The number of hydrogen-bond acceptors (Lipinski definition) is 2. The van der Waals surface area contributed by atoms with Crippen molar-refractivity contribution in [1.82, 2.24) is 10.2 Å². The molecule has 0 spiro atoms. The zero-order chi connectivity index (χ0) is 14.3. The van der Waals surface area contributed by atoms with Crippen LogP contribution in [0.4, 0.5) is 0 Å². The maximum absolute atomic E-state index is 11.8. The maximum Gasteiger partial charge on any atom is 0.236 e. The van der Waals surface area contributed by atoms with E-state index in [-0.39, 0.29) is 5.91 Å². The van der Waals surface area contributed by atoms with E-state index in [1.807, 2.05) is 18.7 Å². The molecule has 0 unspecified atom stereocenters. The van der Waals surface area contributed by atoms with Crippen molar-refractivity contribution in [1.29, 1.82) is 0 Å². The Hall–Kier alpha value is -1.35. The first-order valence-corrected chi connectivity index (χ1v) is 7.15. The number of nitrogens with one attached hydrogen (secondary N) is 1. The molecule has 19 heavy (non-hydrogen) atoms. The number of amides is 1. The van der Waals surface area contributed by atoms with E-state index in [1.54, 1.807) is 0 Å². The second-order valence-electron chi connectivity index (χ2n) is 5.07. The van der Waals surface area contributed by atoms with Gasteiger partial charge in [0.1, 0.15) is 0 Å². The third-order valence-corrected chi connectivity index (χ3v) is 3.37. The molecule has 1 aromatic rings. The highest BCUT2D eigenvalue weighted by Gasteiger charge is 2.08. The van der Waals surface area contributed by atoms with Crippen molar-refractivity contribution in [2.24, 2.45) is 0 Å². The molecule has 1 amide bonds. The summed E-state index contributed by atoms with van der Waals surface area (Å²) in [6.07, 6.45) is 0. The molecule has 0 aliphatic rings. The Labute approximate surface area is 117 Å². The average Bonchev–Trinajstić information content (AvgIpc) is 2.40. The first-order chi connectivity index (χ1) is 9.08. The summed E-state index contributed by atoms with van der Waals surface area (Å²) in [6.45, 7) is 11.1. The van der Waals surface area contributed by atoms with E-state index < -0.39 is 0 Å². The number of likely N-dealkylation sites (N-methyl/N-ethyl adjacent to an activating group) is 1. The fourth-order valence-electron chi connectivity index (χ4n) is 2.02. The second-order valence-corrected chi connectivity index (χ2v) is 5.07. The lowest BCUT2D eigenvalue weighted by Crippen LogP contribution is -2.37. The predicted molar refractivity (Wildman–Crippen MR) is 80.2 cm³/mol. The summed E-state index contributed by atoms with van der Waals surface area (Å²) < 4.78 is 0. The van der Waals surface area contributed by atoms with Crippen molar-refractivity contribution < 1.29 is 4.79 Å². The van der Waals surface area contributed by atoms with Crippen LogP contribution in [0.5, 0.6) is 0 Å². The lowest BCUT2D eigenvalue weighted by Gasteiger charge is -2.18. The van der Waals surface area contributed by atoms with Crippen LogP contribution in [0.15, 0.2) is 24.3 Å². The van der Waals surface area contributed by atoms with Crippen LogP contribution >= 0.6 is 0 Å². The van der Waals surface area contributed by atoms with Gasteiger partial charge in [-0.3, -0.25) is 4.79 Å². The van der Waals surface area contributed by atoms with Crippen LogP contribution in [0.2, 0.25) is 0 Å². The predicted octanol–water partition coefficient (Wildman–Crippen LogP) is 2.77. The van der Waals surface area contributed by atoms with Crippen LogP contribution in [0, 0.1) is 0 Å². The Morgan fingerprint density at radius 2 is 1.74 bits per heavy atom. The molecular formula is C16H26N2O. The third-order valence-electron chi connectivity index (χ3n) is 3.37. The van der Waals surface area contributed by atoms with Gasteiger partial charge in [0.25, 0.3) is 0 Å². The lowest BCUT2D eigenvalue weighted by atomic mass is 10.0. The van der Waals surface area contributed by atoms with Gasteiger partial charge in [-0.25, -0.2) is 0 Å². The average molecular weight is 262 g/mol. The summed E-state index contributed by atoms with van der Waals surface area (Å²) in [5.74, 6) is 0.732. The molecule has 0 saturated heterocycles. The SMILES string of the molecule is CCN(CC)C(=O)CNCc1ccc(C(C)C)cc1. The maximum atomic E-state index is 11.8. The molecule has 0 saturated carbocycles. The largest absolute Gasteiger partial charge is 0.342 e. The minimum Gasteiger partial charge on any atom is -0.342 e. The molecule has 0 aromatic heterocycles. The van der Waals surface area contributed by atoms with E-state index in [9.17, 15) is 4.79 Å². The Morgan fingerprint density at radius 3 is 2.21 bits per heavy atom. The van der Waals surface area contributed by atoms with Gasteiger partial charge in [0.15, 0.2) is 0 Å². The fourth-order valence-corrected chi connectivity index (χ4v) is 2.02. The highest BCUT2D eigenvalue weighted by Crippen LogP contribution is 2.14. The topological polar surface area (TPSA) is 32.3 Å². The van der Waals surface area contributed by atoms with Gasteiger partial charge in [0, 0.05) is 19.6 Å². The zero-order valence-electron chi connectivity index (χ0n) is 12.6. The molecule has 106 valence electrons. The number of hydrogen-bond donors (Lipinski definition) is 1. The number of rotatable bonds is 7. The van der Waals surface area contributed by atoms with Crippen molar-refractivity contribution >= 4 is 5.91 Å². The monoisotopic (exact) mass is 262 g/mol. The molecule has 0 fully saturated rings. The minimum absolute atomic E-state index is 0.170. The number of nitrogens with zero attached hydrogens (tertiary/aromatic N) is 1. The summed E-state index contributed by atoms with van der Waals surface area (Å²) in [7, 11) is 0. The van der Waals surface area contributed by atoms with Gasteiger partial charge in [-0.05, 0) is 30.9 Å². The Bertz CT molecular complexity index is 380. The molecule has 0 heterocycles. The smallest absolute Gasteiger partial charge is 0.236 e. The summed E-state index contributed by atoms with van der Waals surface area (Å²) in [5.41, 5.74) is 2.57. The van der Waals surface area contributed by atoms with E-state index in [1.165, 1.54) is 11.1 Å². The van der Waals surface area contributed by atoms with Crippen LogP contribution in [0.3, 0.4) is 0 Å². The van der Waals surface area contributed by atoms with E-state index in [4.69, 9.17) is 0 Å². The molecule has 0 radical (unpaired) electrons. The van der Waals surface area contributed by atoms with Gasteiger partial charge in [0.2, 0.25) is 5.91 Å². The zero-order valence-corrected chi connectivity index (χ0v) is 12.6. The third kappa shape index (κ3) is 5.03. The van der Waals surface area contributed by atoms with Crippen LogP contribution in [-0.2, 0) is 11.3 Å². The van der Waals surface area contributed by atoms with Crippen LogP contribution in [0.1, 0.15) is 44.7 Å². The summed E-state index contributed by atoms with van der Waals surface area (Å²) in [5, 5.41) is 3.21. The fraction of sp³-hybridized carbons (Fsp3) is 0.562. The van der Waals surface area contributed by atoms with Crippen LogP contribution in [-0.4, -0.2) is 30.4 Å². The van der Waals surface area contributed by atoms with Gasteiger partial charge in [0.05, 0.1) is 6.54 Å².